The molecule has 6 N–H and O–H groups in total. The SMILES string of the molecule is CCCCCCCCCCCCCCCCCCCCCCCCCCCCCCCCCCCC(=O)O[C@H](COCCCCCCCCCCCCCCCCCC)COP(=O)(O)OC1C(O)C(O)C(O)[C@@H](O)C1O. The molecule has 1 aliphatic carbocycles. The number of unbranched alkanes of at least 4 members (excludes halogenated alkanes) is 47. The molecule has 0 aromatic carbocycles. The van der Waals surface area contributed by atoms with Crippen molar-refractivity contribution in [2.45, 2.75) is 378 Å². The summed E-state index contributed by atoms with van der Waals surface area (Å²) in [6, 6.07) is 0. The van der Waals surface area contributed by atoms with E-state index in [-0.39, 0.29) is 13.0 Å². The Labute approximate surface area is 467 Å². The highest BCUT2D eigenvalue weighted by molar-refractivity contribution is 7.47. The smallest absolute Gasteiger partial charge is 0.457 e. The van der Waals surface area contributed by atoms with Crippen LogP contribution in [0.2, 0.25) is 0 Å². The van der Waals surface area contributed by atoms with E-state index in [1.165, 1.54) is 270 Å². The number of hydrogen-bond donors (Lipinski definition) is 6. The van der Waals surface area contributed by atoms with Crippen LogP contribution in [0.15, 0.2) is 0 Å². The van der Waals surface area contributed by atoms with Crippen LogP contribution < -0.4 is 0 Å². The minimum Gasteiger partial charge on any atom is -0.457 e. The molecule has 1 aliphatic rings. The Bertz CT molecular complexity index is 1260. The molecule has 0 heterocycles. The lowest BCUT2D eigenvalue weighted by Crippen LogP contribution is -2.64. The van der Waals surface area contributed by atoms with Crippen molar-refractivity contribution in [3.8, 4) is 0 Å². The number of esters is 1. The van der Waals surface area contributed by atoms with E-state index in [0.717, 1.165) is 38.5 Å². The summed E-state index contributed by atoms with van der Waals surface area (Å²) >= 11 is 0. The first-order valence-electron chi connectivity index (χ1n) is 32.9. The molecule has 76 heavy (non-hydrogen) atoms. The summed E-state index contributed by atoms with van der Waals surface area (Å²) in [6.45, 7) is 4.35. The van der Waals surface area contributed by atoms with Crippen molar-refractivity contribution in [2.24, 2.45) is 0 Å². The first-order chi connectivity index (χ1) is 37.0. The number of phosphoric acid groups is 1. The fraction of sp³-hybridized carbons (Fsp3) is 0.984. The lowest BCUT2D eigenvalue weighted by molar-refractivity contribution is -0.220. The van der Waals surface area contributed by atoms with Crippen molar-refractivity contribution < 1.29 is 58.3 Å². The van der Waals surface area contributed by atoms with Crippen LogP contribution in [-0.2, 0) is 27.9 Å². The second-order valence-electron chi connectivity index (χ2n) is 23.3. The van der Waals surface area contributed by atoms with Gasteiger partial charge in [-0.2, -0.15) is 0 Å². The summed E-state index contributed by atoms with van der Waals surface area (Å²) < 4.78 is 34.5. The Kier molecular flexibility index (Phi) is 51.8. The van der Waals surface area contributed by atoms with Crippen molar-refractivity contribution in [1.82, 2.24) is 0 Å². The van der Waals surface area contributed by atoms with E-state index >= 15 is 0 Å². The summed E-state index contributed by atoms with van der Waals surface area (Å²) in [5.74, 6) is -0.465. The molecule has 1 fully saturated rings. The van der Waals surface area contributed by atoms with Gasteiger partial charge in [0.25, 0.3) is 0 Å². The lowest BCUT2D eigenvalue weighted by Gasteiger charge is -2.41. The van der Waals surface area contributed by atoms with Gasteiger partial charge in [0, 0.05) is 13.0 Å². The number of ether oxygens (including phenoxy) is 2. The molecule has 13 heteroatoms. The number of aliphatic hydroxyl groups excluding tert-OH is 5. The quantitative estimate of drug-likeness (QED) is 0.0192. The molecule has 0 radical (unpaired) electrons. The van der Waals surface area contributed by atoms with Crippen LogP contribution >= 0.6 is 7.82 Å². The molecule has 6 unspecified atom stereocenters. The Morgan fingerprint density at radius 1 is 0.368 bits per heavy atom. The van der Waals surface area contributed by atoms with Gasteiger partial charge in [0.15, 0.2) is 0 Å². The van der Waals surface area contributed by atoms with Crippen LogP contribution in [0.5, 0.6) is 0 Å². The maximum atomic E-state index is 12.9. The molecule has 0 saturated heterocycles. The fourth-order valence-corrected chi connectivity index (χ4v) is 11.8. The average Bonchev–Trinajstić information content (AvgIpc) is 3.41. The Balaban J connectivity index is 2.13. The molecule has 0 aliphatic heterocycles. The standard InChI is InChI=1S/C63H125O12P/c1-3-5-7-9-11-13-15-17-19-21-22-23-24-25-26-27-28-29-30-31-32-33-34-35-36-37-38-40-42-44-46-48-50-52-57(64)74-56(55-73-76(70,71)75-63-61(68)59(66)58(65)60(67)62(63)69)54-72-53-51-49-47-45-43-41-39-20-18-16-14-12-10-8-6-4-2/h56,58-63,65-69H,3-55H2,1-2H3,(H,70,71)/t56-,58?,59-,60?,61?,62?,63?/m1/s1. The summed E-state index contributed by atoms with van der Waals surface area (Å²) in [4.78, 5) is 23.4. The third-order valence-electron chi connectivity index (χ3n) is 16.0. The zero-order valence-corrected chi connectivity index (χ0v) is 50.5. The van der Waals surface area contributed by atoms with Gasteiger partial charge in [-0.1, -0.05) is 316 Å². The van der Waals surface area contributed by atoms with Crippen LogP contribution in [-0.4, -0.2) is 98.9 Å². The third kappa shape index (κ3) is 44.1. The van der Waals surface area contributed by atoms with Crippen molar-refractivity contribution in [3.63, 3.8) is 0 Å². The van der Waals surface area contributed by atoms with E-state index in [1.807, 2.05) is 0 Å². The number of carbonyl (C=O) groups excluding carboxylic acids is 1. The molecule has 454 valence electrons. The van der Waals surface area contributed by atoms with Gasteiger partial charge in [0.2, 0.25) is 0 Å². The van der Waals surface area contributed by atoms with E-state index < -0.39 is 63.1 Å². The number of phosphoric ester groups is 1. The van der Waals surface area contributed by atoms with Crippen molar-refractivity contribution in [3.05, 3.63) is 0 Å². The van der Waals surface area contributed by atoms with E-state index in [1.54, 1.807) is 0 Å². The summed E-state index contributed by atoms with van der Waals surface area (Å²) in [7, 11) is -5.02. The monoisotopic (exact) mass is 1100 g/mol. The first kappa shape index (κ1) is 73.4. The minimum absolute atomic E-state index is 0.0670. The van der Waals surface area contributed by atoms with E-state index in [4.69, 9.17) is 18.5 Å². The van der Waals surface area contributed by atoms with Gasteiger partial charge < -0.3 is 39.9 Å². The van der Waals surface area contributed by atoms with Crippen LogP contribution in [0, 0.1) is 0 Å². The molecule has 0 aromatic heterocycles. The van der Waals surface area contributed by atoms with Crippen molar-refractivity contribution >= 4 is 13.8 Å². The predicted molar refractivity (Wildman–Crippen MR) is 314 cm³/mol. The van der Waals surface area contributed by atoms with Gasteiger partial charge in [-0.15, -0.1) is 0 Å². The summed E-state index contributed by atoms with van der Waals surface area (Å²) in [5, 5.41) is 50.5. The lowest BCUT2D eigenvalue weighted by atomic mass is 9.85. The van der Waals surface area contributed by atoms with E-state index in [0.29, 0.717) is 13.0 Å². The number of rotatable bonds is 59. The average molecular weight is 1110 g/mol. The third-order valence-corrected chi connectivity index (χ3v) is 17.0. The largest absolute Gasteiger partial charge is 0.472 e. The maximum Gasteiger partial charge on any atom is 0.472 e. The Morgan fingerprint density at radius 2 is 0.618 bits per heavy atom. The first-order valence-corrected chi connectivity index (χ1v) is 34.4. The highest BCUT2D eigenvalue weighted by atomic mass is 31.2. The van der Waals surface area contributed by atoms with Gasteiger partial charge in [-0.05, 0) is 12.8 Å². The summed E-state index contributed by atoms with van der Waals surface area (Å²) in [5.41, 5.74) is 0. The fourth-order valence-electron chi connectivity index (χ4n) is 10.8. The Morgan fingerprint density at radius 3 is 0.908 bits per heavy atom. The van der Waals surface area contributed by atoms with Crippen molar-refractivity contribution in [2.75, 3.05) is 19.8 Å². The van der Waals surface area contributed by atoms with Gasteiger partial charge in [-0.3, -0.25) is 13.8 Å². The summed E-state index contributed by atoms with van der Waals surface area (Å²) in [6.07, 6.45) is 52.1. The molecule has 8 atom stereocenters. The molecule has 0 amide bonds. The van der Waals surface area contributed by atoms with Crippen LogP contribution in [0.3, 0.4) is 0 Å². The van der Waals surface area contributed by atoms with Gasteiger partial charge >= 0.3 is 13.8 Å². The molecule has 1 rings (SSSR count). The molecule has 0 aromatic rings. The molecular weight excluding hydrogens is 980 g/mol. The highest BCUT2D eigenvalue weighted by Crippen LogP contribution is 2.47. The minimum atomic E-state index is -5.02. The molecule has 12 nitrogen and oxygen atoms in total. The normalized spacial score (nSPS) is 20.1. The van der Waals surface area contributed by atoms with Gasteiger partial charge in [-0.25, -0.2) is 4.57 Å². The topological polar surface area (TPSA) is 192 Å². The molecule has 1 saturated carbocycles. The van der Waals surface area contributed by atoms with Crippen LogP contribution in [0.4, 0.5) is 0 Å². The molecular formula is C63H125O12P. The predicted octanol–water partition coefficient (Wildman–Crippen LogP) is 16.8. The number of carbonyl (C=O) groups is 1. The highest BCUT2D eigenvalue weighted by Gasteiger charge is 2.51. The van der Waals surface area contributed by atoms with Gasteiger partial charge in [0.05, 0.1) is 13.2 Å². The second-order valence-corrected chi connectivity index (χ2v) is 24.7. The van der Waals surface area contributed by atoms with Crippen molar-refractivity contribution in [1.29, 1.82) is 0 Å². The van der Waals surface area contributed by atoms with Crippen LogP contribution in [0.1, 0.15) is 335 Å². The Hall–Kier alpha value is -0.660. The van der Waals surface area contributed by atoms with E-state index in [2.05, 4.69) is 13.8 Å². The molecule has 0 bridgehead atoms. The molecule has 0 spiro atoms. The zero-order valence-electron chi connectivity index (χ0n) is 49.6. The van der Waals surface area contributed by atoms with E-state index in [9.17, 15) is 39.8 Å². The number of hydrogen-bond acceptors (Lipinski definition) is 11. The second kappa shape index (κ2) is 53.6. The van der Waals surface area contributed by atoms with Crippen LogP contribution in [0.25, 0.3) is 0 Å². The maximum absolute atomic E-state index is 12.9. The number of aliphatic hydroxyl groups is 5. The zero-order chi connectivity index (χ0) is 55.4. The van der Waals surface area contributed by atoms with Gasteiger partial charge in [0.1, 0.15) is 42.7 Å².